The van der Waals surface area contributed by atoms with E-state index in [9.17, 15) is 8.42 Å². The Morgan fingerprint density at radius 2 is 2.16 bits per heavy atom. The predicted octanol–water partition coefficient (Wildman–Crippen LogP) is 0.747. The SMILES string of the molecule is CCC(C)N(C)CCNCc1ccc(S(N)(=O)=O)o1. The maximum Gasteiger partial charge on any atom is 0.271 e. The summed E-state index contributed by atoms with van der Waals surface area (Å²) in [6, 6.07) is 3.54. The van der Waals surface area contributed by atoms with Crippen LogP contribution in [0.15, 0.2) is 21.6 Å². The summed E-state index contributed by atoms with van der Waals surface area (Å²) >= 11 is 0. The molecule has 1 heterocycles. The van der Waals surface area contributed by atoms with Crippen LogP contribution in [0.2, 0.25) is 0 Å². The molecule has 6 nitrogen and oxygen atoms in total. The Kier molecular flexibility index (Phi) is 5.99. The lowest BCUT2D eigenvalue weighted by Crippen LogP contribution is -2.34. The number of nitrogens with one attached hydrogen (secondary N) is 1. The van der Waals surface area contributed by atoms with E-state index in [0.29, 0.717) is 18.3 Å². The van der Waals surface area contributed by atoms with Crippen molar-refractivity contribution in [3.8, 4) is 0 Å². The predicted molar refractivity (Wildman–Crippen MR) is 74.2 cm³/mol. The van der Waals surface area contributed by atoms with Gasteiger partial charge in [0, 0.05) is 19.1 Å². The van der Waals surface area contributed by atoms with Crippen LogP contribution in [0.1, 0.15) is 26.0 Å². The van der Waals surface area contributed by atoms with Crippen molar-refractivity contribution in [3.05, 3.63) is 17.9 Å². The van der Waals surface area contributed by atoms with Crippen molar-refractivity contribution in [2.75, 3.05) is 20.1 Å². The molecule has 0 saturated heterocycles. The van der Waals surface area contributed by atoms with E-state index in [1.807, 2.05) is 0 Å². The third kappa shape index (κ3) is 5.32. The number of hydrogen-bond donors (Lipinski definition) is 2. The van der Waals surface area contributed by atoms with E-state index in [2.05, 4.69) is 31.1 Å². The average molecular weight is 289 g/mol. The number of nitrogens with zero attached hydrogens (tertiary/aromatic N) is 1. The van der Waals surface area contributed by atoms with Gasteiger partial charge >= 0.3 is 0 Å². The van der Waals surface area contributed by atoms with Gasteiger partial charge in [0.15, 0.2) is 0 Å². The second-order valence-electron chi connectivity index (χ2n) is 4.68. The summed E-state index contributed by atoms with van der Waals surface area (Å²) in [6.07, 6.45) is 1.12. The minimum absolute atomic E-state index is 0.193. The lowest BCUT2D eigenvalue weighted by Gasteiger charge is -2.23. The Hall–Kier alpha value is -0.890. The highest BCUT2D eigenvalue weighted by atomic mass is 32.2. The number of sulfonamides is 1. The van der Waals surface area contributed by atoms with Crippen molar-refractivity contribution in [2.24, 2.45) is 5.14 Å². The van der Waals surface area contributed by atoms with Gasteiger partial charge in [-0.15, -0.1) is 0 Å². The lowest BCUT2D eigenvalue weighted by molar-refractivity contribution is 0.250. The van der Waals surface area contributed by atoms with Gasteiger partial charge in [-0.3, -0.25) is 0 Å². The van der Waals surface area contributed by atoms with Crippen LogP contribution in [0.4, 0.5) is 0 Å². The van der Waals surface area contributed by atoms with Gasteiger partial charge in [-0.1, -0.05) is 6.92 Å². The first kappa shape index (κ1) is 16.2. The molecular weight excluding hydrogens is 266 g/mol. The molecule has 0 amide bonds. The number of furan rings is 1. The highest BCUT2D eigenvalue weighted by molar-refractivity contribution is 7.89. The normalized spacial score (nSPS) is 13.9. The molecule has 19 heavy (non-hydrogen) atoms. The van der Waals surface area contributed by atoms with E-state index in [0.717, 1.165) is 19.5 Å². The van der Waals surface area contributed by atoms with Crippen LogP contribution in [0.3, 0.4) is 0 Å². The molecular formula is C12H23N3O3S. The summed E-state index contributed by atoms with van der Waals surface area (Å²) in [4.78, 5) is 2.27. The third-order valence-corrected chi connectivity index (χ3v) is 3.98. The van der Waals surface area contributed by atoms with E-state index in [4.69, 9.17) is 9.56 Å². The number of nitrogens with two attached hydrogens (primary N) is 1. The van der Waals surface area contributed by atoms with Crippen LogP contribution in [0.25, 0.3) is 0 Å². The molecule has 1 aromatic rings. The number of rotatable bonds is 8. The molecule has 0 radical (unpaired) electrons. The fraction of sp³-hybridized carbons (Fsp3) is 0.667. The minimum atomic E-state index is -3.74. The summed E-state index contributed by atoms with van der Waals surface area (Å²) in [5, 5.41) is 7.98. The topological polar surface area (TPSA) is 88.6 Å². The van der Waals surface area contributed by atoms with Crippen molar-refractivity contribution >= 4 is 10.0 Å². The molecule has 7 heteroatoms. The summed E-state index contributed by atoms with van der Waals surface area (Å²) in [5.74, 6) is 0.565. The molecule has 0 aliphatic rings. The van der Waals surface area contributed by atoms with E-state index in [1.165, 1.54) is 6.07 Å². The van der Waals surface area contributed by atoms with E-state index < -0.39 is 10.0 Å². The zero-order valence-corrected chi connectivity index (χ0v) is 12.5. The van der Waals surface area contributed by atoms with Crippen LogP contribution in [0, 0.1) is 0 Å². The average Bonchev–Trinajstić information content (AvgIpc) is 2.81. The maximum absolute atomic E-state index is 11.0. The molecule has 0 aromatic carbocycles. The van der Waals surface area contributed by atoms with Crippen molar-refractivity contribution in [3.63, 3.8) is 0 Å². The molecule has 1 unspecified atom stereocenters. The third-order valence-electron chi connectivity index (χ3n) is 3.20. The first-order chi connectivity index (χ1) is 8.84. The molecule has 0 bridgehead atoms. The number of primary sulfonamides is 1. The highest BCUT2D eigenvalue weighted by Crippen LogP contribution is 2.11. The number of likely N-dealkylation sites (N-methyl/N-ethyl adjacent to an activating group) is 1. The summed E-state index contributed by atoms with van der Waals surface area (Å²) in [6.45, 7) is 6.57. The van der Waals surface area contributed by atoms with Gasteiger partial charge in [0.05, 0.1) is 6.54 Å². The van der Waals surface area contributed by atoms with Crippen molar-refractivity contribution in [2.45, 2.75) is 37.9 Å². The Balaban J connectivity index is 2.32. The summed E-state index contributed by atoms with van der Waals surface area (Å²) in [7, 11) is -1.66. The van der Waals surface area contributed by atoms with E-state index in [-0.39, 0.29) is 5.09 Å². The molecule has 3 N–H and O–H groups in total. The lowest BCUT2D eigenvalue weighted by atomic mass is 10.2. The quantitative estimate of drug-likeness (QED) is 0.689. The van der Waals surface area contributed by atoms with Crippen LogP contribution < -0.4 is 10.5 Å². The second kappa shape index (κ2) is 7.04. The molecule has 0 saturated carbocycles. The van der Waals surface area contributed by atoms with Gasteiger partial charge < -0.3 is 14.6 Å². The smallest absolute Gasteiger partial charge is 0.271 e. The summed E-state index contributed by atoms with van der Waals surface area (Å²) in [5.41, 5.74) is 0. The first-order valence-electron chi connectivity index (χ1n) is 6.37. The molecule has 0 aliphatic heterocycles. The molecule has 1 atom stereocenters. The molecule has 0 spiro atoms. The number of hydrogen-bond acceptors (Lipinski definition) is 5. The fourth-order valence-electron chi connectivity index (χ4n) is 1.61. The highest BCUT2D eigenvalue weighted by Gasteiger charge is 2.13. The van der Waals surface area contributed by atoms with Crippen LogP contribution in [-0.4, -0.2) is 39.5 Å². The standard InChI is InChI=1S/C12H23N3O3S/c1-4-10(2)15(3)8-7-14-9-11-5-6-12(18-11)19(13,16)17/h5-6,10,14H,4,7-9H2,1-3H3,(H2,13,16,17). The van der Waals surface area contributed by atoms with Gasteiger partial charge in [0.25, 0.3) is 10.0 Å². The Morgan fingerprint density at radius 1 is 1.47 bits per heavy atom. The van der Waals surface area contributed by atoms with E-state index in [1.54, 1.807) is 6.07 Å². The van der Waals surface area contributed by atoms with Crippen molar-refractivity contribution < 1.29 is 12.8 Å². The second-order valence-corrected chi connectivity index (χ2v) is 6.17. The largest absolute Gasteiger partial charge is 0.447 e. The molecule has 1 rings (SSSR count). The zero-order chi connectivity index (χ0) is 14.5. The maximum atomic E-state index is 11.0. The molecule has 0 fully saturated rings. The van der Waals surface area contributed by atoms with Crippen LogP contribution in [0.5, 0.6) is 0 Å². The van der Waals surface area contributed by atoms with Crippen molar-refractivity contribution in [1.29, 1.82) is 0 Å². The minimum Gasteiger partial charge on any atom is -0.447 e. The zero-order valence-electron chi connectivity index (χ0n) is 11.7. The fourth-order valence-corrected chi connectivity index (χ4v) is 2.09. The van der Waals surface area contributed by atoms with Crippen LogP contribution in [-0.2, 0) is 16.6 Å². The summed E-state index contributed by atoms with van der Waals surface area (Å²) < 4.78 is 27.2. The Morgan fingerprint density at radius 3 is 2.68 bits per heavy atom. The van der Waals surface area contributed by atoms with Crippen molar-refractivity contribution in [1.82, 2.24) is 10.2 Å². The monoisotopic (exact) mass is 289 g/mol. The van der Waals surface area contributed by atoms with E-state index >= 15 is 0 Å². The van der Waals surface area contributed by atoms with Gasteiger partial charge in [-0.25, -0.2) is 13.6 Å². The van der Waals surface area contributed by atoms with Crippen LogP contribution >= 0.6 is 0 Å². The Bertz CT molecular complexity index is 484. The molecule has 110 valence electrons. The molecule has 0 aliphatic carbocycles. The van der Waals surface area contributed by atoms with Gasteiger partial charge in [-0.2, -0.15) is 0 Å². The Labute approximate surface area is 115 Å². The van der Waals surface area contributed by atoms with Gasteiger partial charge in [-0.05, 0) is 32.5 Å². The van der Waals surface area contributed by atoms with Gasteiger partial charge in [0.2, 0.25) is 5.09 Å². The first-order valence-corrected chi connectivity index (χ1v) is 7.91. The van der Waals surface area contributed by atoms with Gasteiger partial charge in [0.1, 0.15) is 5.76 Å². The molecule has 1 aromatic heterocycles.